The van der Waals surface area contributed by atoms with E-state index >= 15 is 0 Å². The Bertz CT molecular complexity index is 474. The second-order valence-electron chi connectivity index (χ2n) is 4.32. The molecule has 0 aromatic heterocycles. The van der Waals surface area contributed by atoms with Gasteiger partial charge in [0, 0.05) is 11.6 Å². The number of hydrogen-bond acceptors (Lipinski definition) is 3. The number of hydrazine groups is 1. The van der Waals surface area contributed by atoms with Crippen LogP contribution in [0.1, 0.15) is 30.0 Å². The molecule has 3 nitrogen and oxygen atoms in total. The van der Waals surface area contributed by atoms with Crippen molar-refractivity contribution in [3.05, 3.63) is 46.7 Å². The quantitative estimate of drug-likeness (QED) is 0.643. The van der Waals surface area contributed by atoms with Crippen molar-refractivity contribution in [1.29, 1.82) is 0 Å². The molecule has 1 aliphatic heterocycles. The summed E-state index contributed by atoms with van der Waals surface area (Å²) in [4.78, 5) is 0. The third-order valence-corrected chi connectivity index (χ3v) is 3.00. The lowest BCUT2D eigenvalue weighted by molar-refractivity contribution is 0.167. The van der Waals surface area contributed by atoms with Gasteiger partial charge in [-0.25, -0.2) is 14.2 Å². The molecular formula is C13H16F2N2O. The Labute approximate surface area is 105 Å². The Balaban J connectivity index is 2.38. The fraction of sp³-hybridized carbons (Fsp3) is 0.385. The summed E-state index contributed by atoms with van der Waals surface area (Å²) >= 11 is 0. The largest absolute Gasteiger partial charge is 0.496 e. The zero-order valence-electron chi connectivity index (χ0n) is 10.2. The predicted molar refractivity (Wildman–Crippen MR) is 64.4 cm³/mol. The number of nitrogens with two attached hydrogens (primary N) is 1. The average molecular weight is 254 g/mol. The zero-order valence-corrected chi connectivity index (χ0v) is 10.2. The van der Waals surface area contributed by atoms with E-state index < -0.39 is 17.7 Å². The summed E-state index contributed by atoms with van der Waals surface area (Å²) in [5.74, 6) is 4.86. The van der Waals surface area contributed by atoms with Gasteiger partial charge >= 0.3 is 0 Å². The molecule has 3 N–H and O–H groups in total. The van der Waals surface area contributed by atoms with Crippen LogP contribution in [0.3, 0.4) is 0 Å². The van der Waals surface area contributed by atoms with Gasteiger partial charge in [0.1, 0.15) is 23.4 Å². The molecule has 1 heterocycles. The molecular weight excluding hydrogens is 238 g/mol. The number of rotatable bonds is 3. The van der Waals surface area contributed by atoms with Crippen LogP contribution < -0.4 is 11.3 Å². The monoisotopic (exact) mass is 254 g/mol. The highest BCUT2D eigenvalue weighted by molar-refractivity contribution is 5.32. The lowest BCUT2D eigenvalue weighted by atomic mass is 10.0. The molecule has 0 aliphatic carbocycles. The van der Waals surface area contributed by atoms with Gasteiger partial charge < -0.3 is 4.74 Å². The van der Waals surface area contributed by atoms with Crippen molar-refractivity contribution in [2.45, 2.75) is 25.8 Å². The SMILES string of the molecule is Cc1cc(C(NN)C2=CCCCO2)c(F)cc1F. The maximum Gasteiger partial charge on any atom is 0.131 e. The maximum atomic E-state index is 13.8. The molecule has 1 atom stereocenters. The van der Waals surface area contributed by atoms with E-state index in [2.05, 4.69) is 5.43 Å². The average Bonchev–Trinajstić information content (AvgIpc) is 2.38. The minimum atomic E-state index is -0.629. The topological polar surface area (TPSA) is 47.3 Å². The van der Waals surface area contributed by atoms with Crippen molar-refractivity contribution in [3.8, 4) is 0 Å². The van der Waals surface area contributed by atoms with Crippen LogP contribution >= 0.6 is 0 Å². The number of allylic oxidation sites excluding steroid dienone is 1. The van der Waals surface area contributed by atoms with Crippen LogP contribution in [0.2, 0.25) is 0 Å². The van der Waals surface area contributed by atoms with E-state index in [0.29, 0.717) is 23.5 Å². The van der Waals surface area contributed by atoms with Gasteiger partial charge in [-0.1, -0.05) is 0 Å². The Morgan fingerprint density at radius 2 is 2.11 bits per heavy atom. The van der Waals surface area contributed by atoms with Crippen LogP contribution in [0.4, 0.5) is 8.78 Å². The van der Waals surface area contributed by atoms with E-state index in [1.54, 1.807) is 6.92 Å². The number of halogens is 2. The van der Waals surface area contributed by atoms with Crippen LogP contribution in [-0.2, 0) is 4.74 Å². The van der Waals surface area contributed by atoms with Crippen molar-refractivity contribution in [3.63, 3.8) is 0 Å². The maximum absolute atomic E-state index is 13.8. The van der Waals surface area contributed by atoms with Gasteiger partial charge in [-0.3, -0.25) is 5.84 Å². The molecule has 0 bridgehead atoms. The van der Waals surface area contributed by atoms with Crippen molar-refractivity contribution >= 4 is 0 Å². The third-order valence-electron chi connectivity index (χ3n) is 3.00. The van der Waals surface area contributed by atoms with Gasteiger partial charge in [0.05, 0.1) is 6.61 Å². The number of nitrogens with one attached hydrogen (secondary N) is 1. The highest BCUT2D eigenvalue weighted by atomic mass is 19.1. The number of ether oxygens (including phenoxy) is 1. The molecule has 0 saturated heterocycles. The number of aryl methyl sites for hydroxylation is 1. The summed E-state index contributed by atoms with van der Waals surface area (Å²) in [6.45, 7) is 2.17. The molecule has 0 radical (unpaired) electrons. The summed E-state index contributed by atoms with van der Waals surface area (Å²) in [5.41, 5.74) is 3.19. The Hall–Kier alpha value is -1.46. The summed E-state index contributed by atoms with van der Waals surface area (Å²) in [6, 6.07) is 1.75. The van der Waals surface area contributed by atoms with E-state index in [9.17, 15) is 8.78 Å². The standard InChI is InChI=1S/C13H16F2N2O/c1-8-6-9(11(15)7-10(8)14)13(17-16)12-4-2-3-5-18-12/h4,6-7,13,17H,2-3,5,16H2,1H3. The molecule has 1 aliphatic rings. The molecule has 1 unspecified atom stereocenters. The molecule has 98 valence electrons. The van der Waals surface area contributed by atoms with E-state index in [4.69, 9.17) is 10.6 Å². The predicted octanol–water partition coefficient (Wildman–Crippen LogP) is 2.47. The van der Waals surface area contributed by atoms with Gasteiger partial charge in [0.2, 0.25) is 0 Å². The lowest BCUT2D eigenvalue weighted by Gasteiger charge is -2.24. The first kappa shape index (κ1) is 13.0. The van der Waals surface area contributed by atoms with Crippen molar-refractivity contribution in [1.82, 2.24) is 5.43 Å². The van der Waals surface area contributed by atoms with Crippen molar-refractivity contribution in [2.24, 2.45) is 5.84 Å². The van der Waals surface area contributed by atoms with Gasteiger partial charge in [0.25, 0.3) is 0 Å². The van der Waals surface area contributed by atoms with E-state index in [1.165, 1.54) is 6.07 Å². The minimum Gasteiger partial charge on any atom is -0.496 e. The highest BCUT2D eigenvalue weighted by Gasteiger charge is 2.22. The van der Waals surface area contributed by atoms with Gasteiger partial charge in [0.15, 0.2) is 0 Å². The zero-order chi connectivity index (χ0) is 13.1. The van der Waals surface area contributed by atoms with Crippen LogP contribution in [0.25, 0.3) is 0 Å². The minimum absolute atomic E-state index is 0.296. The van der Waals surface area contributed by atoms with E-state index in [0.717, 1.165) is 18.9 Å². The fourth-order valence-corrected chi connectivity index (χ4v) is 2.00. The molecule has 2 rings (SSSR count). The van der Waals surface area contributed by atoms with Crippen LogP contribution in [0.5, 0.6) is 0 Å². The Morgan fingerprint density at radius 3 is 2.72 bits per heavy atom. The molecule has 0 spiro atoms. The number of benzene rings is 1. The second-order valence-corrected chi connectivity index (χ2v) is 4.32. The van der Waals surface area contributed by atoms with Crippen LogP contribution in [0.15, 0.2) is 24.0 Å². The molecule has 0 saturated carbocycles. The molecule has 0 amide bonds. The Kier molecular flexibility index (Phi) is 3.93. The van der Waals surface area contributed by atoms with Crippen molar-refractivity contribution in [2.75, 3.05) is 6.61 Å². The molecule has 1 aromatic carbocycles. The fourth-order valence-electron chi connectivity index (χ4n) is 2.00. The van der Waals surface area contributed by atoms with Gasteiger partial charge in [-0.05, 0) is 37.5 Å². The normalized spacial score (nSPS) is 17.0. The summed E-state index contributed by atoms with van der Waals surface area (Å²) in [7, 11) is 0. The van der Waals surface area contributed by atoms with Crippen LogP contribution in [-0.4, -0.2) is 6.61 Å². The first-order valence-corrected chi connectivity index (χ1v) is 5.88. The first-order valence-electron chi connectivity index (χ1n) is 5.88. The van der Waals surface area contributed by atoms with Gasteiger partial charge in [-0.2, -0.15) is 0 Å². The number of hydrogen-bond donors (Lipinski definition) is 2. The summed E-state index contributed by atoms with van der Waals surface area (Å²) in [5, 5.41) is 0. The Morgan fingerprint density at radius 1 is 1.33 bits per heavy atom. The molecule has 18 heavy (non-hydrogen) atoms. The van der Waals surface area contributed by atoms with E-state index in [1.807, 2.05) is 6.08 Å². The van der Waals surface area contributed by atoms with Crippen LogP contribution in [0, 0.1) is 18.6 Å². The first-order chi connectivity index (χ1) is 8.63. The van der Waals surface area contributed by atoms with E-state index in [-0.39, 0.29) is 0 Å². The lowest BCUT2D eigenvalue weighted by Crippen LogP contribution is -2.31. The van der Waals surface area contributed by atoms with Gasteiger partial charge in [-0.15, -0.1) is 0 Å². The smallest absolute Gasteiger partial charge is 0.131 e. The molecule has 5 heteroatoms. The highest BCUT2D eigenvalue weighted by Crippen LogP contribution is 2.28. The molecule has 0 fully saturated rings. The molecule has 1 aromatic rings. The third kappa shape index (κ3) is 2.52. The summed E-state index contributed by atoms with van der Waals surface area (Å²) < 4.78 is 32.5. The van der Waals surface area contributed by atoms with Crippen molar-refractivity contribution < 1.29 is 13.5 Å². The summed E-state index contributed by atoms with van der Waals surface area (Å²) in [6.07, 6.45) is 3.69. The second kappa shape index (κ2) is 5.46.